The first-order valence-electron chi connectivity index (χ1n) is 10.6. The molecule has 0 N–H and O–H groups in total. The van der Waals surface area contributed by atoms with Crippen LogP contribution in [0.3, 0.4) is 0 Å². The van der Waals surface area contributed by atoms with E-state index in [2.05, 4.69) is 26.0 Å². The van der Waals surface area contributed by atoms with Gasteiger partial charge in [-0.2, -0.15) is 0 Å². The van der Waals surface area contributed by atoms with Crippen molar-refractivity contribution >= 4 is 17.3 Å². The number of carbonyl (C=O) groups is 2. The molecule has 2 saturated heterocycles. The number of hydrogen-bond donors (Lipinski definition) is 0. The van der Waals surface area contributed by atoms with Gasteiger partial charge >= 0.3 is 5.97 Å². The topological polar surface area (TPSA) is 52.6 Å². The first-order chi connectivity index (χ1) is 13.4. The summed E-state index contributed by atoms with van der Waals surface area (Å²) in [5.74, 6) is 0.687. The maximum Gasteiger partial charge on any atom is 0.314 e. The summed E-state index contributed by atoms with van der Waals surface area (Å²) < 4.78 is 12.2. The van der Waals surface area contributed by atoms with E-state index < -0.39 is 0 Å². The monoisotopic (exact) mass is 380 g/mol. The molecule has 2 heterocycles. The lowest BCUT2D eigenvalue weighted by molar-refractivity contribution is -0.142. The second-order valence-electron chi connectivity index (χ2n) is 9.17. The highest BCUT2D eigenvalue weighted by Gasteiger charge is 2.63. The van der Waals surface area contributed by atoms with Crippen molar-refractivity contribution in [3.63, 3.8) is 0 Å². The lowest BCUT2D eigenvalue weighted by Crippen LogP contribution is -2.35. The maximum absolute atomic E-state index is 13.7. The SMILES string of the molecule is CC[C@@H]1C[C@@H]2O[C@H]1[C@H]1C(=O)C(c3c(C)cc(C)cc3C)=C(OC(=O)C3CC3)[C@H]12. The normalized spacial score (nSPS) is 33.6. The van der Waals surface area contributed by atoms with Crippen molar-refractivity contribution in [2.24, 2.45) is 23.7 Å². The Morgan fingerprint density at radius 1 is 1.14 bits per heavy atom. The fourth-order valence-electron chi connectivity index (χ4n) is 5.79. The molecule has 4 nitrogen and oxygen atoms in total. The Hall–Kier alpha value is -1.94. The van der Waals surface area contributed by atoms with Gasteiger partial charge in [-0.25, -0.2) is 0 Å². The molecule has 0 spiro atoms. The van der Waals surface area contributed by atoms with Crippen LogP contribution in [0, 0.1) is 44.4 Å². The third-order valence-corrected chi connectivity index (χ3v) is 7.14. The van der Waals surface area contributed by atoms with Crippen LogP contribution in [0.2, 0.25) is 0 Å². The zero-order valence-electron chi connectivity index (χ0n) is 17.1. The second kappa shape index (κ2) is 6.28. The summed E-state index contributed by atoms with van der Waals surface area (Å²) in [5.41, 5.74) is 4.92. The Morgan fingerprint density at radius 2 is 1.82 bits per heavy atom. The summed E-state index contributed by atoms with van der Waals surface area (Å²) in [4.78, 5) is 26.3. The summed E-state index contributed by atoms with van der Waals surface area (Å²) in [6.07, 6.45) is 3.73. The van der Waals surface area contributed by atoms with Crippen LogP contribution >= 0.6 is 0 Å². The number of allylic oxidation sites excluding steroid dienone is 1. The van der Waals surface area contributed by atoms with Crippen molar-refractivity contribution in [2.75, 3.05) is 0 Å². The number of ketones is 1. The highest BCUT2D eigenvalue weighted by atomic mass is 16.5. The lowest BCUT2D eigenvalue weighted by atomic mass is 9.74. The third-order valence-electron chi connectivity index (χ3n) is 7.14. The molecular weight excluding hydrogens is 352 g/mol. The summed E-state index contributed by atoms with van der Waals surface area (Å²) in [7, 11) is 0. The first kappa shape index (κ1) is 18.1. The molecule has 0 unspecified atom stereocenters. The van der Waals surface area contributed by atoms with Crippen molar-refractivity contribution in [1.82, 2.24) is 0 Å². The van der Waals surface area contributed by atoms with E-state index >= 15 is 0 Å². The smallest absolute Gasteiger partial charge is 0.314 e. The van der Waals surface area contributed by atoms with E-state index in [0.717, 1.165) is 42.4 Å². The van der Waals surface area contributed by atoms with Gasteiger partial charge in [0, 0.05) is 0 Å². The molecule has 2 bridgehead atoms. The van der Waals surface area contributed by atoms with Crippen molar-refractivity contribution < 1.29 is 19.1 Å². The average molecular weight is 380 g/mol. The number of benzene rings is 1. The Morgan fingerprint density at radius 3 is 2.43 bits per heavy atom. The number of carbonyl (C=O) groups excluding carboxylic acids is 2. The van der Waals surface area contributed by atoms with Crippen LogP contribution in [0.5, 0.6) is 0 Å². The van der Waals surface area contributed by atoms with E-state index in [1.165, 1.54) is 5.56 Å². The van der Waals surface area contributed by atoms with E-state index in [1.54, 1.807) is 0 Å². The highest BCUT2D eigenvalue weighted by molar-refractivity contribution is 6.26. The minimum absolute atomic E-state index is 0.00513. The second-order valence-corrected chi connectivity index (χ2v) is 9.17. The summed E-state index contributed by atoms with van der Waals surface area (Å²) in [5, 5.41) is 0. The van der Waals surface area contributed by atoms with Crippen LogP contribution in [0.25, 0.3) is 5.57 Å². The van der Waals surface area contributed by atoms with Gasteiger partial charge in [-0.3, -0.25) is 9.59 Å². The van der Waals surface area contributed by atoms with Gasteiger partial charge in [0.2, 0.25) is 0 Å². The Balaban J connectivity index is 1.64. The van der Waals surface area contributed by atoms with Gasteiger partial charge in [0.1, 0.15) is 5.76 Å². The van der Waals surface area contributed by atoms with Gasteiger partial charge in [0.25, 0.3) is 0 Å². The summed E-state index contributed by atoms with van der Waals surface area (Å²) >= 11 is 0. The van der Waals surface area contributed by atoms with Crippen LogP contribution in [0.15, 0.2) is 17.9 Å². The Labute approximate surface area is 166 Å². The van der Waals surface area contributed by atoms with E-state index in [9.17, 15) is 9.59 Å². The first-order valence-corrected chi connectivity index (χ1v) is 10.6. The van der Waals surface area contributed by atoms with Gasteiger partial charge in [-0.05, 0) is 62.6 Å². The van der Waals surface area contributed by atoms with Crippen LogP contribution in [-0.2, 0) is 19.1 Å². The van der Waals surface area contributed by atoms with E-state index in [0.29, 0.717) is 17.3 Å². The molecule has 1 aromatic rings. The molecule has 0 amide bonds. The van der Waals surface area contributed by atoms with Crippen molar-refractivity contribution in [1.29, 1.82) is 0 Å². The molecule has 0 aromatic heterocycles. The minimum Gasteiger partial charge on any atom is -0.430 e. The molecule has 28 heavy (non-hydrogen) atoms. The number of esters is 1. The molecule has 148 valence electrons. The van der Waals surface area contributed by atoms with Gasteiger partial charge in [-0.1, -0.05) is 31.0 Å². The number of fused-ring (bicyclic) bond motifs is 5. The predicted molar refractivity (Wildman–Crippen MR) is 105 cm³/mol. The minimum atomic E-state index is -0.194. The molecule has 5 rings (SSSR count). The van der Waals surface area contributed by atoms with Crippen LogP contribution in [0.1, 0.15) is 54.9 Å². The molecular formula is C24H28O4. The molecule has 0 radical (unpaired) electrons. The van der Waals surface area contributed by atoms with Gasteiger partial charge in [0.15, 0.2) is 5.78 Å². The average Bonchev–Trinajstić information content (AvgIpc) is 3.24. The maximum atomic E-state index is 13.7. The van der Waals surface area contributed by atoms with Crippen molar-refractivity contribution in [3.05, 3.63) is 40.1 Å². The molecule has 4 aliphatic rings. The number of Topliss-reactive ketones (excluding diaryl/α,β-unsaturated/α-hetero) is 1. The largest absolute Gasteiger partial charge is 0.430 e. The molecule has 3 fully saturated rings. The molecule has 1 aromatic carbocycles. The fraction of sp³-hybridized carbons (Fsp3) is 0.583. The van der Waals surface area contributed by atoms with E-state index in [-0.39, 0.29) is 41.7 Å². The molecule has 2 aliphatic heterocycles. The number of ether oxygens (including phenoxy) is 2. The molecule has 4 heteroatoms. The van der Waals surface area contributed by atoms with Crippen LogP contribution in [-0.4, -0.2) is 24.0 Å². The zero-order chi connectivity index (χ0) is 19.7. The highest BCUT2D eigenvalue weighted by Crippen LogP contribution is 2.57. The Bertz CT molecular complexity index is 884. The van der Waals surface area contributed by atoms with Gasteiger partial charge in [0.05, 0.1) is 35.5 Å². The third kappa shape index (κ3) is 2.53. The van der Waals surface area contributed by atoms with Crippen molar-refractivity contribution in [3.8, 4) is 0 Å². The zero-order valence-corrected chi connectivity index (χ0v) is 17.1. The predicted octanol–water partition coefficient (Wildman–Crippen LogP) is 4.29. The lowest BCUT2D eigenvalue weighted by Gasteiger charge is -2.27. The van der Waals surface area contributed by atoms with Gasteiger partial charge < -0.3 is 9.47 Å². The van der Waals surface area contributed by atoms with E-state index in [4.69, 9.17) is 9.47 Å². The van der Waals surface area contributed by atoms with Gasteiger partial charge in [-0.15, -0.1) is 0 Å². The van der Waals surface area contributed by atoms with E-state index in [1.807, 2.05) is 13.8 Å². The quantitative estimate of drug-likeness (QED) is 0.731. The summed E-state index contributed by atoms with van der Waals surface area (Å²) in [6, 6.07) is 4.22. The number of aryl methyl sites for hydroxylation is 3. The van der Waals surface area contributed by atoms with Crippen LogP contribution in [0.4, 0.5) is 0 Å². The Kier molecular flexibility index (Phi) is 4.06. The standard InChI is InChI=1S/C24H28O4/c1-5-14-10-16-18-20(22(14)27-16)21(25)19(23(18)28-24(26)15-6-7-15)17-12(3)8-11(2)9-13(17)4/h8-9,14-16,18,20,22H,5-7,10H2,1-4H3/t14-,16+,18+,20-,22-/m1/s1. The number of hydrogen-bond acceptors (Lipinski definition) is 4. The van der Waals surface area contributed by atoms with Crippen LogP contribution < -0.4 is 0 Å². The molecule has 2 aliphatic carbocycles. The summed E-state index contributed by atoms with van der Waals surface area (Å²) in [6.45, 7) is 8.32. The molecule has 1 saturated carbocycles. The fourth-order valence-corrected chi connectivity index (χ4v) is 5.79. The van der Waals surface area contributed by atoms with Crippen molar-refractivity contribution in [2.45, 2.75) is 65.6 Å². The number of rotatable bonds is 4. The molecule has 5 atom stereocenters.